The molecule has 1 aliphatic rings. The summed E-state index contributed by atoms with van der Waals surface area (Å²) in [5.41, 5.74) is 4.66. The number of ether oxygens (including phenoxy) is 2. The van der Waals surface area contributed by atoms with Crippen molar-refractivity contribution in [2.24, 2.45) is 0 Å². The fraction of sp³-hybridized carbons (Fsp3) is 0.345. The van der Waals surface area contributed by atoms with Gasteiger partial charge in [-0.15, -0.1) is 11.6 Å². The minimum absolute atomic E-state index is 0.225. The summed E-state index contributed by atoms with van der Waals surface area (Å²) in [6, 6.07) is 11.8. The van der Waals surface area contributed by atoms with Crippen LogP contribution in [0.2, 0.25) is 5.02 Å². The highest BCUT2D eigenvalue weighted by Crippen LogP contribution is 2.39. The summed E-state index contributed by atoms with van der Waals surface area (Å²) in [5.74, 6) is 0.739. The van der Waals surface area contributed by atoms with E-state index >= 15 is 0 Å². The number of nitriles is 1. The number of amides is 1. The zero-order valence-corrected chi connectivity index (χ0v) is 23.0. The molecule has 2 aromatic carbocycles. The van der Waals surface area contributed by atoms with Gasteiger partial charge in [-0.2, -0.15) is 5.26 Å². The van der Waals surface area contributed by atoms with Crippen molar-refractivity contribution in [3.63, 3.8) is 0 Å². The molecule has 38 heavy (non-hydrogen) atoms. The van der Waals surface area contributed by atoms with Crippen molar-refractivity contribution >= 4 is 57.1 Å². The summed E-state index contributed by atoms with van der Waals surface area (Å²) in [6.45, 7) is 5.71. The first kappa shape index (κ1) is 27.7. The van der Waals surface area contributed by atoms with Crippen molar-refractivity contribution in [2.75, 3.05) is 36.3 Å². The minimum atomic E-state index is -0.338. The number of hydrogen-bond acceptors (Lipinski definition) is 6. The lowest BCUT2D eigenvalue weighted by Gasteiger charge is -2.24. The lowest BCUT2D eigenvalue weighted by molar-refractivity contribution is -0.111. The van der Waals surface area contributed by atoms with Crippen molar-refractivity contribution in [1.82, 2.24) is 4.98 Å². The number of hydrogen-bond donors (Lipinski definition) is 2. The summed E-state index contributed by atoms with van der Waals surface area (Å²) in [6.07, 6.45) is 5.38. The van der Waals surface area contributed by atoms with Gasteiger partial charge in [-0.25, -0.2) is 0 Å². The number of aromatic nitrogens is 1. The smallest absolute Gasteiger partial charge is 0.248 e. The number of pyridine rings is 1. The molecule has 198 valence electrons. The van der Waals surface area contributed by atoms with Crippen LogP contribution in [0.25, 0.3) is 10.9 Å². The maximum absolute atomic E-state index is 12.4. The molecule has 2 N–H and O–H groups in total. The van der Waals surface area contributed by atoms with Crippen LogP contribution >= 0.6 is 23.2 Å². The van der Waals surface area contributed by atoms with E-state index in [2.05, 4.69) is 16.7 Å². The number of nitrogens with zero attached hydrogens (tertiary/aromatic N) is 2. The van der Waals surface area contributed by atoms with Gasteiger partial charge < -0.3 is 20.1 Å². The number of nitrogens with one attached hydrogen (secondary N) is 2. The van der Waals surface area contributed by atoms with Gasteiger partial charge in [-0.3, -0.25) is 9.78 Å². The topological polar surface area (TPSA) is 96.3 Å². The average Bonchev–Trinajstić information content (AvgIpc) is 2.93. The molecule has 0 spiro atoms. The average molecular weight is 553 g/mol. The van der Waals surface area contributed by atoms with Crippen LogP contribution in [0.15, 0.2) is 42.5 Å². The molecular formula is C29H30Cl2N4O3. The van der Waals surface area contributed by atoms with Crippen molar-refractivity contribution < 1.29 is 14.3 Å². The van der Waals surface area contributed by atoms with E-state index < -0.39 is 0 Å². The van der Waals surface area contributed by atoms with Gasteiger partial charge in [0.05, 0.1) is 34.8 Å². The van der Waals surface area contributed by atoms with Crippen LogP contribution in [-0.4, -0.2) is 36.6 Å². The highest BCUT2D eigenvalue weighted by molar-refractivity contribution is 6.31. The van der Waals surface area contributed by atoms with Crippen LogP contribution in [-0.2, 0) is 16.0 Å². The second-order valence-corrected chi connectivity index (χ2v) is 9.58. The number of fused-ring (bicyclic) bond motifs is 1. The quantitative estimate of drug-likeness (QED) is 0.217. The molecule has 0 aliphatic carbocycles. The van der Waals surface area contributed by atoms with Gasteiger partial charge in [0.1, 0.15) is 11.8 Å². The highest BCUT2D eigenvalue weighted by Gasteiger charge is 2.21. The molecule has 1 saturated heterocycles. The molecule has 2 heterocycles. The molecule has 7 nitrogen and oxygen atoms in total. The number of anilines is 3. The number of rotatable bonds is 9. The SMILES string of the molecule is CCOc1cc2nc(CC)c(C#N)c(Nc3ccc(C4CCOCC4)c(Cl)c3)c2cc1NC(=O)/C=C/CCl. The molecule has 0 bridgehead atoms. The van der Waals surface area contributed by atoms with Gasteiger partial charge in [0.25, 0.3) is 0 Å². The summed E-state index contributed by atoms with van der Waals surface area (Å²) < 4.78 is 11.3. The van der Waals surface area contributed by atoms with Crippen LogP contribution in [0.1, 0.15) is 49.4 Å². The Morgan fingerprint density at radius 3 is 2.71 bits per heavy atom. The Morgan fingerprint density at radius 2 is 2.05 bits per heavy atom. The molecule has 9 heteroatoms. The van der Waals surface area contributed by atoms with Crippen molar-refractivity contribution in [1.29, 1.82) is 5.26 Å². The molecule has 1 aliphatic heterocycles. The van der Waals surface area contributed by atoms with Crippen LogP contribution in [0.4, 0.5) is 17.1 Å². The third kappa shape index (κ3) is 6.21. The van der Waals surface area contributed by atoms with Crippen molar-refractivity contribution in [3.8, 4) is 11.8 Å². The fourth-order valence-electron chi connectivity index (χ4n) is 4.64. The van der Waals surface area contributed by atoms with Gasteiger partial charge in [-0.1, -0.05) is 30.7 Å². The zero-order valence-electron chi connectivity index (χ0n) is 21.4. The van der Waals surface area contributed by atoms with Crippen molar-refractivity contribution in [3.05, 3.63) is 64.3 Å². The molecule has 1 aromatic heterocycles. The largest absolute Gasteiger partial charge is 0.492 e. The second-order valence-electron chi connectivity index (χ2n) is 8.87. The van der Waals surface area contributed by atoms with E-state index in [4.69, 9.17) is 37.7 Å². The summed E-state index contributed by atoms with van der Waals surface area (Å²) >= 11 is 12.4. The number of aryl methyl sites for hydroxylation is 1. The van der Waals surface area contributed by atoms with E-state index in [9.17, 15) is 10.1 Å². The third-order valence-electron chi connectivity index (χ3n) is 6.45. The molecule has 0 radical (unpaired) electrons. The maximum Gasteiger partial charge on any atom is 0.248 e. The number of halogens is 2. The van der Waals surface area contributed by atoms with E-state index in [1.807, 2.05) is 32.0 Å². The molecule has 0 unspecified atom stereocenters. The predicted octanol–water partition coefficient (Wildman–Crippen LogP) is 7.09. The highest BCUT2D eigenvalue weighted by atomic mass is 35.5. The molecule has 1 fully saturated rings. The van der Waals surface area contributed by atoms with Gasteiger partial charge in [-0.05, 0) is 55.9 Å². The van der Waals surface area contributed by atoms with Gasteiger partial charge in [0.2, 0.25) is 5.91 Å². The second kappa shape index (κ2) is 13.0. The summed E-state index contributed by atoms with van der Waals surface area (Å²) in [5, 5.41) is 17.7. The normalized spacial score (nSPS) is 14.0. The first-order chi connectivity index (χ1) is 18.5. The number of carbonyl (C=O) groups is 1. The molecule has 4 rings (SSSR count). The van der Waals surface area contributed by atoms with Gasteiger partial charge >= 0.3 is 0 Å². The van der Waals surface area contributed by atoms with E-state index in [1.165, 1.54) is 6.08 Å². The Bertz CT molecular complexity index is 1400. The third-order valence-corrected chi connectivity index (χ3v) is 6.96. The van der Waals surface area contributed by atoms with Crippen molar-refractivity contribution in [2.45, 2.75) is 39.0 Å². The van der Waals surface area contributed by atoms with Gasteiger partial charge in [0.15, 0.2) is 0 Å². The monoisotopic (exact) mass is 552 g/mol. The molecular weight excluding hydrogens is 523 g/mol. The van der Waals surface area contributed by atoms with Gasteiger partial charge in [0, 0.05) is 47.3 Å². The minimum Gasteiger partial charge on any atom is -0.492 e. The summed E-state index contributed by atoms with van der Waals surface area (Å²) in [7, 11) is 0. The lowest BCUT2D eigenvalue weighted by Crippen LogP contribution is -2.14. The first-order valence-corrected chi connectivity index (χ1v) is 13.6. The molecule has 0 saturated carbocycles. The maximum atomic E-state index is 12.4. The van der Waals surface area contributed by atoms with E-state index in [0.29, 0.717) is 63.3 Å². The van der Waals surface area contributed by atoms with E-state index in [-0.39, 0.29) is 11.8 Å². The van der Waals surface area contributed by atoms with E-state index in [1.54, 1.807) is 18.2 Å². The van der Waals surface area contributed by atoms with Crippen LogP contribution in [0.3, 0.4) is 0 Å². The summed E-state index contributed by atoms with van der Waals surface area (Å²) in [4.78, 5) is 17.2. The Labute approximate surface area is 232 Å². The van der Waals surface area contributed by atoms with Crippen LogP contribution < -0.4 is 15.4 Å². The Morgan fingerprint density at radius 1 is 1.26 bits per heavy atom. The Kier molecular flexibility index (Phi) is 9.46. The number of carbonyl (C=O) groups excluding carboxylic acids is 1. The molecule has 3 aromatic rings. The predicted molar refractivity (Wildman–Crippen MR) is 153 cm³/mol. The Hall–Kier alpha value is -3.31. The number of benzene rings is 2. The lowest BCUT2D eigenvalue weighted by atomic mass is 9.91. The standard InChI is InChI=1S/C29H30Cl2N4O3/c1-3-24-22(17-32)29(33-19-7-8-20(23(31)14-19)18-9-12-37-13-10-18)21-15-26(35-28(36)6-5-11-30)27(38-4-2)16-25(21)34-24/h5-8,14-16,18H,3-4,9-13H2,1-2H3,(H,33,34)(H,35,36)/b6-5+. The zero-order chi connectivity index (χ0) is 27.1. The Balaban J connectivity index is 1.80. The van der Waals surface area contributed by atoms with Crippen LogP contribution in [0, 0.1) is 11.3 Å². The first-order valence-electron chi connectivity index (χ1n) is 12.7. The number of allylic oxidation sites excluding steroid dienone is 1. The number of alkyl halides is 1. The van der Waals surface area contributed by atoms with Crippen LogP contribution in [0.5, 0.6) is 5.75 Å². The van der Waals surface area contributed by atoms with E-state index in [0.717, 1.165) is 37.3 Å². The molecule has 1 amide bonds. The fourth-order valence-corrected chi connectivity index (χ4v) is 5.06. The molecule has 0 atom stereocenters.